The molecule has 0 aliphatic carbocycles. The number of thiophene rings is 1. The Morgan fingerprint density at radius 1 is 1.25 bits per heavy atom. The molecule has 0 amide bonds. The van der Waals surface area contributed by atoms with Crippen molar-refractivity contribution in [2.45, 2.75) is 31.6 Å². The maximum absolute atomic E-state index is 9.81. The summed E-state index contributed by atoms with van der Waals surface area (Å²) in [5.41, 5.74) is 0.602. The SMILES string of the molecule is CCc1ccc(CC2(C#N)CCOc3ccccc32)s1. The molecule has 1 aromatic heterocycles. The standard InChI is InChI=1S/C17H17NOS/c1-2-13-7-8-14(20-13)11-17(12-18)9-10-19-16-6-4-3-5-15(16)17/h3-8H,2,9-11H2,1H3. The number of aryl methyl sites for hydroxylation is 1. The second kappa shape index (κ2) is 5.30. The average molecular weight is 283 g/mol. The third kappa shape index (κ3) is 2.21. The zero-order valence-electron chi connectivity index (χ0n) is 11.6. The highest BCUT2D eigenvalue weighted by Gasteiger charge is 2.38. The van der Waals surface area contributed by atoms with Gasteiger partial charge in [-0.05, 0) is 24.6 Å². The fourth-order valence-electron chi connectivity index (χ4n) is 2.80. The maximum atomic E-state index is 9.81. The molecule has 1 atom stereocenters. The summed E-state index contributed by atoms with van der Waals surface area (Å²) < 4.78 is 5.70. The van der Waals surface area contributed by atoms with E-state index in [2.05, 4.69) is 25.1 Å². The third-order valence-corrected chi connectivity index (χ3v) is 5.17. The van der Waals surface area contributed by atoms with Gasteiger partial charge in [-0.3, -0.25) is 0 Å². The molecule has 3 rings (SSSR count). The van der Waals surface area contributed by atoms with Gasteiger partial charge in [0, 0.05) is 28.2 Å². The Morgan fingerprint density at radius 3 is 2.80 bits per heavy atom. The topological polar surface area (TPSA) is 33.0 Å². The van der Waals surface area contributed by atoms with E-state index in [0.717, 1.165) is 30.6 Å². The largest absolute Gasteiger partial charge is 0.493 e. The summed E-state index contributed by atoms with van der Waals surface area (Å²) in [5.74, 6) is 0.868. The van der Waals surface area contributed by atoms with E-state index in [0.29, 0.717) is 6.61 Å². The average Bonchev–Trinajstić information content (AvgIpc) is 2.95. The van der Waals surface area contributed by atoms with Crippen LogP contribution in [0.1, 0.15) is 28.7 Å². The summed E-state index contributed by atoms with van der Waals surface area (Å²) in [5, 5.41) is 9.81. The summed E-state index contributed by atoms with van der Waals surface area (Å²) in [6.07, 6.45) is 2.61. The van der Waals surface area contributed by atoms with Gasteiger partial charge in [0.15, 0.2) is 0 Å². The number of para-hydroxylation sites is 1. The second-order valence-electron chi connectivity index (χ2n) is 5.19. The van der Waals surface area contributed by atoms with Crippen molar-refractivity contribution in [1.82, 2.24) is 0 Å². The van der Waals surface area contributed by atoms with Crippen LogP contribution in [0.15, 0.2) is 36.4 Å². The lowest BCUT2D eigenvalue weighted by Crippen LogP contribution is -2.33. The molecule has 2 aromatic rings. The smallest absolute Gasteiger partial charge is 0.124 e. The van der Waals surface area contributed by atoms with Gasteiger partial charge in [-0.2, -0.15) is 5.26 Å². The van der Waals surface area contributed by atoms with Crippen molar-refractivity contribution in [2.24, 2.45) is 0 Å². The normalized spacial score (nSPS) is 20.8. The Hall–Kier alpha value is -1.79. The van der Waals surface area contributed by atoms with Crippen LogP contribution in [0, 0.1) is 11.3 Å². The second-order valence-corrected chi connectivity index (χ2v) is 6.44. The first kappa shape index (κ1) is 13.2. The summed E-state index contributed by atoms with van der Waals surface area (Å²) in [4.78, 5) is 2.67. The molecule has 0 spiro atoms. The lowest BCUT2D eigenvalue weighted by molar-refractivity contribution is 0.242. The van der Waals surface area contributed by atoms with E-state index in [1.165, 1.54) is 9.75 Å². The van der Waals surface area contributed by atoms with Crippen LogP contribution in [0.25, 0.3) is 0 Å². The monoisotopic (exact) mass is 283 g/mol. The minimum atomic E-state index is -0.440. The highest BCUT2D eigenvalue weighted by Crippen LogP contribution is 2.41. The van der Waals surface area contributed by atoms with Crippen LogP contribution < -0.4 is 4.74 Å². The molecule has 3 heteroatoms. The number of fused-ring (bicyclic) bond motifs is 1. The molecule has 1 unspecified atom stereocenters. The Balaban J connectivity index is 1.99. The van der Waals surface area contributed by atoms with E-state index in [4.69, 9.17) is 4.74 Å². The quantitative estimate of drug-likeness (QED) is 0.849. The molecule has 0 radical (unpaired) electrons. The summed E-state index contributed by atoms with van der Waals surface area (Å²) in [6.45, 7) is 2.79. The molecule has 2 nitrogen and oxygen atoms in total. The molecule has 0 N–H and O–H groups in total. The molecule has 2 heterocycles. The van der Waals surface area contributed by atoms with Gasteiger partial charge in [-0.15, -0.1) is 11.3 Å². The van der Waals surface area contributed by atoms with Gasteiger partial charge in [-0.25, -0.2) is 0 Å². The molecule has 0 fully saturated rings. The van der Waals surface area contributed by atoms with Crippen molar-refractivity contribution in [3.8, 4) is 11.8 Å². The molecule has 0 saturated heterocycles. The first-order valence-electron chi connectivity index (χ1n) is 6.98. The van der Waals surface area contributed by atoms with Gasteiger partial charge >= 0.3 is 0 Å². The van der Waals surface area contributed by atoms with Crippen molar-refractivity contribution >= 4 is 11.3 Å². The zero-order chi connectivity index (χ0) is 14.0. The van der Waals surface area contributed by atoms with Gasteiger partial charge in [-0.1, -0.05) is 25.1 Å². The highest BCUT2D eigenvalue weighted by atomic mass is 32.1. The van der Waals surface area contributed by atoms with E-state index in [1.807, 2.05) is 35.6 Å². The first-order chi connectivity index (χ1) is 9.77. The van der Waals surface area contributed by atoms with Crippen LogP contribution in [0.5, 0.6) is 5.75 Å². The van der Waals surface area contributed by atoms with E-state index in [-0.39, 0.29) is 0 Å². The van der Waals surface area contributed by atoms with Gasteiger partial charge in [0.05, 0.1) is 18.1 Å². The molecular formula is C17H17NOS. The number of ether oxygens (including phenoxy) is 1. The summed E-state index contributed by atoms with van der Waals surface area (Å²) in [7, 11) is 0. The molecule has 0 saturated carbocycles. The Morgan fingerprint density at radius 2 is 2.05 bits per heavy atom. The maximum Gasteiger partial charge on any atom is 0.124 e. The van der Waals surface area contributed by atoms with Gasteiger partial charge in [0.1, 0.15) is 5.75 Å². The number of nitrogens with zero attached hydrogens (tertiary/aromatic N) is 1. The molecule has 102 valence electrons. The predicted molar refractivity (Wildman–Crippen MR) is 81.2 cm³/mol. The zero-order valence-corrected chi connectivity index (χ0v) is 12.4. The van der Waals surface area contributed by atoms with E-state index < -0.39 is 5.41 Å². The Labute approximate surface area is 123 Å². The molecule has 1 aliphatic heterocycles. The van der Waals surface area contributed by atoms with E-state index >= 15 is 0 Å². The van der Waals surface area contributed by atoms with Crippen molar-refractivity contribution in [2.75, 3.05) is 6.61 Å². The van der Waals surface area contributed by atoms with Crippen LogP contribution in [0.4, 0.5) is 0 Å². The highest BCUT2D eigenvalue weighted by molar-refractivity contribution is 7.12. The van der Waals surface area contributed by atoms with Crippen molar-refractivity contribution in [1.29, 1.82) is 5.26 Å². The Bertz CT molecular complexity index is 655. The van der Waals surface area contributed by atoms with Gasteiger partial charge < -0.3 is 4.74 Å². The van der Waals surface area contributed by atoms with Gasteiger partial charge in [0.2, 0.25) is 0 Å². The van der Waals surface area contributed by atoms with Crippen molar-refractivity contribution in [3.05, 3.63) is 51.7 Å². The number of hydrogen-bond acceptors (Lipinski definition) is 3. The molecule has 20 heavy (non-hydrogen) atoms. The van der Waals surface area contributed by atoms with Crippen LogP contribution in [-0.2, 0) is 18.3 Å². The van der Waals surface area contributed by atoms with E-state index in [9.17, 15) is 5.26 Å². The molecule has 0 bridgehead atoms. The molecule has 1 aromatic carbocycles. The fraction of sp³-hybridized carbons (Fsp3) is 0.353. The summed E-state index contributed by atoms with van der Waals surface area (Å²) >= 11 is 1.82. The lowest BCUT2D eigenvalue weighted by atomic mass is 9.74. The predicted octanol–water partition coefficient (Wildman–Crippen LogP) is 4.10. The number of benzene rings is 1. The van der Waals surface area contributed by atoms with Gasteiger partial charge in [0.25, 0.3) is 0 Å². The van der Waals surface area contributed by atoms with Crippen LogP contribution in [-0.4, -0.2) is 6.61 Å². The number of hydrogen-bond donors (Lipinski definition) is 0. The number of rotatable bonds is 3. The van der Waals surface area contributed by atoms with Crippen molar-refractivity contribution < 1.29 is 4.74 Å². The number of nitriles is 1. The third-order valence-electron chi connectivity index (χ3n) is 3.94. The molecule has 1 aliphatic rings. The van der Waals surface area contributed by atoms with Crippen LogP contribution in [0.3, 0.4) is 0 Å². The van der Waals surface area contributed by atoms with Crippen LogP contribution in [0.2, 0.25) is 0 Å². The molecular weight excluding hydrogens is 266 g/mol. The summed E-state index contributed by atoms with van der Waals surface area (Å²) in [6, 6.07) is 14.9. The Kier molecular flexibility index (Phi) is 3.50. The van der Waals surface area contributed by atoms with Crippen molar-refractivity contribution in [3.63, 3.8) is 0 Å². The fourth-order valence-corrected chi connectivity index (χ4v) is 3.87. The minimum absolute atomic E-state index is 0.440. The van der Waals surface area contributed by atoms with Crippen LogP contribution >= 0.6 is 11.3 Å². The lowest BCUT2D eigenvalue weighted by Gasteiger charge is -2.32. The first-order valence-corrected chi connectivity index (χ1v) is 7.80. The van der Waals surface area contributed by atoms with E-state index in [1.54, 1.807) is 0 Å². The minimum Gasteiger partial charge on any atom is -0.493 e.